The quantitative estimate of drug-likeness (QED) is 0.672. The Hall–Kier alpha value is -0.160. The molecule has 0 aromatic carbocycles. The van der Waals surface area contributed by atoms with Crippen LogP contribution in [0.2, 0.25) is 0 Å². The zero-order valence-corrected chi connectivity index (χ0v) is 14.2. The molecule has 0 aromatic rings. The molecule has 0 spiro atoms. The first-order chi connectivity index (χ1) is 9.34. The summed E-state index contributed by atoms with van der Waals surface area (Å²) in [5.74, 6) is 0.836. The van der Waals surface area contributed by atoms with Crippen LogP contribution in [0, 0.1) is 5.92 Å². The summed E-state index contributed by atoms with van der Waals surface area (Å²) in [6.45, 7) is 11.4. The van der Waals surface area contributed by atoms with Crippen molar-refractivity contribution >= 4 is 0 Å². The van der Waals surface area contributed by atoms with E-state index in [-0.39, 0.29) is 12.1 Å². The maximum atomic E-state index is 9.58. The van der Waals surface area contributed by atoms with Crippen molar-refractivity contribution in [2.24, 2.45) is 5.92 Å². The van der Waals surface area contributed by atoms with Crippen LogP contribution in [0.5, 0.6) is 0 Å². The Morgan fingerprint density at radius 1 is 1.45 bits per heavy atom. The van der Waals surface area contributed by atoms with Crippen LogP contribution in [0.15, 0.2) is 0 Å². The lowest BCUT2D eigenvalue weighted by Gasteiger charge is -2.32. The van der Waals surface area contributed by atoms with Crippen molar-refractivity contribution < 1.29 is 5.11 Å². The van der Waals surface area contributed by atoms with Gasteiger partial charge in [0.15, 0.2) is 0 Å². The molecule has 1 rings (SSSR count). The Morgan fingerprint density at radius 2 is 2.15 bits per heavy atom. The zero-order chi connectivity index (χ0) is 15.2. The monoisotopic (exact) mass is 285 g/mol. The predicted octanol–water partition coefficient (Wildman–Crippen LogP) is 1.40. The van der Waals surface area contributed by atoms with Crippen molar-refractivity contribution in [2.45, 2.75) is 51.6 Å². The summed E-state index contributed by atoms with van der Waals surface area (Å²) in [5, 5.41) is 13.1. The fourth-order valence-corrected chi connectivity index (χ4v) is 3.34. The van der Waals surface area contributed by atoms with E-state index in [0.717, 1.165) is 25.3 Å². The highest BCUT2D eigenvalue weighted by molar-refractivity contribution is 4.84. The zero-order valence-electron chi connectivity index (χ0n) is 14.2. The van der Waals surface area contributed by atoms with Crippen LogP contribution in [0.1, 0.15) is 40.0 Å². The molecule has 1 saturated heterocycles. The molecule has 1 aliphatic rings. The molecule has 2 atom stereocenters. The molecule has 0 aromatic heterocycles. The molecule has 0 bridgehead atoms. The largest absolute Gasteiger partial charge is 0.394 e. The molecule has 0 amide bonds. The van der Waals surface area contributed by atoms with E-state index in [4.69, 9.17) is 0 Å². The Bertz CT molecular complexity index is 272. The van der Waals surface area contributed by atoms with Crippen molar-refractivity contribution in [2.75, 3.05) is 46.9 Å². The average Bonchev–Trinajstić information content (AvgIpc) is 2.73. The highest BCUT2D eigenvalue weighted by Gasteiger charge is 2.24. The predicted molar refractivity (Wildman–Crippen MR) is 86.1 cm³/mol. The average molecular weight is 285 g/mol. The summed E-state index contributed by atoms with van der Waals surface area (Å²) in [4.78, 5) is 4.88. The molecular weight excluding hydrogens is 250 g/mol. The summed E-state index contributed by atoms with van der Waals surface area (Å²) in [5.41, 5.74) is -0.136. The number of hydrogen-bond donors (Lipinski definition) is 2. The molecule has 1 heterocycles. The van der Waals surface area contributed by atoms with Gasteiger partial charge in [-0.3, -0.25) is 0 Å². The second-order valence-corrected chi connectivity index (χ2v) is 7.30. The summed E-state index contributed by atoms with van der Waals surface area (Å²) >= 11 is 0. The van der Waals surface area contributed by atoms with Gasteiger partial charge in [-0.1, -0.05) is 13.8 Å². The van der Waals surface area contributed by atoms with Crippen molar-refractivity contribution in [3.63, 3.8) is 0 Å². The van der Waals surface area contributed by atoms with E-state index in [1.54, 1.807) is 0 Å². The van der Waals surface area contributed by atoms with Crippen LogP contribution in [-0.2, 0) is 0 Å². The molecule has 0 aliphatic carbocycles. The number of likely N-dealkylation sites (tertiary alicyclic amines) is 1. The molecule has 4 nitrogen and oxygen atoms in total. The summed E-state index contributed by atoms with van der Waals surface area (Å²) in [7, 11) is 4.44. The first-order valence-corrected chi connectivity index (χ1v) is 8.10. The van der Waals surface area contributed by atoms with E-state index in [1.165, 1.54) is 26.1 Å². The molecule has 1 aliphatic heterocycles. The van der Waals surface area contributed by atoms with E-state index in [1.807, 2.05) is 0 Å². The smallest absolute Gasteiger partial charge is 0.0610 e. The van der Waals surface area contributed by atoms with Gasteiger partial charge in [0.1, 0.15) is 0 Å². The van der Waals surface area contributed by atoms with Crippen molar-refractivity contribution in [1.29, 1.82) is 0 Å². The lowest BCUT2D eigenvalue weighted by Crippen LogP contribution is -2.49. The number of nitrogens with one attached hydrogen (secondary N) is 1. The van der Waals surface area contributed by atoms with Gasteiger partial charge in [-0.2, -0.15) is 0 Å². The standard InChI is InChI=1S/C16H35N3O/c1-14(2)17-16(3,13-20)8-6-9-18(4)11-15-7-10-19(5)12-15/h14-15,17,20H,6-13H2,1-5H3. The molecular formula is C16H35N3O. The number of aliphatic hydroxyl groups excluding tert-OH is 1. The molecule has 2 unspecified atom stereocenters. The summed E-state index contributed by atoms with van der Waals surface area (Å²) in [6, 6.07) is 0.416. The second-order valence-electron chi connectivity index (χ2n) is 7.30. The summed E-state index contributed by atoms with van der Waals surface area (Å²) < 4.78 is 0. The molecule has 0 saturated carbocycles. The molecule has 0 radical (unpaired) electrons. The van der Waals surface area contributed by atoms with E-state index in [2.05, 4.69) is 50.0 Å². The maximum absolute atomic E-state index is 9.58. The normalized spacial score (nSPS) is 23.7. The Kier molecular flexibility index (Phi) is 7.45. The van der Waals surface area contributed by atoms with E-state index >= 15 is 0 Å². The molecule has 2 N–H and O–H groups in total. The van der Waals surface area contributed by atoms with Crippen molar-refractivity contribution in [1.82, 2.24) is 15.1 Å². The highest BCUT2D eigenvalue weighted by atomic mass is 16.3. The van der Waals surface area contributed by atoms with Crippen molar-refractivity contribution in [3.8, 4) is 0 Å². The van der Waals surface area contributed by atoms with Crippen LogP contribution in [-0.4, -0.2) is 73.4 Å². The third-order valence-corrected chi connectivity index (χ3v) is 4.31. The second kappa shape index (κ2) is 8.32. The highest BCUT2D eigenvalue weighted by Crippen LogP contribution is 2.17. The topological polar surface area (TPSA) is 38.7 Å². The molecule has 120 valence electrons. The van der Waals surface area contributed by atoms with Crippen LogP contribution >= 0.6 is 0 Å². The number of hydrogen-bond acceptors (Lipinski definition) is 4. The molecule has 4 heteroatoms. The van der Waals surface area contributed by atoms with Crippen LogP contribution in [0.4, 0.5) is 0 Å². The third kappa shape index (κ3) is 6.53. The van der Waals surface area contributed by atoms with E-state index < -0.39 is 0 Å². The third-order valence-electron chi connectivity index (χ3n) is 4.31. The molecule has 1 fully saturated rings. The van der Waals surface area contributed by atoms with E-state index in [0.29, 0.717) is 6.04 Å². The lowest BCUT2D eigenvalue weighted by atomic mass is 9.95. The Morgan fingerprint density at radius 3 is 2.65 bits per heavy atom. The lowest BCUT2D eigenvalue weighted by molar-refractivity contribution is 0.149. The minimum absolute atomic E-state index is 0.136. The maximum Gasteiger partial charge on any atom is 0.0610 e. The summed E-state index contributed by atoms with van der Waals surface area (Å²) in [6.07, 6.45) is 3.50. The van der Waals surface area contributed by atoms with Gasteiger partial charge in [0, 0.05) is 24.7 Å². The van der Waals surface area contributed by atoms with Gasteiger partial charge in [-0.05, 0) is 59.3 Å². The fourth-order valence-electron chi connectivity index (χ4n) is 3.34. The number of nitrogens with zero attached hydrogens (tertiary/aromatic N) is 2. The Balaban J connectivity index is 2.21. The number of aliphatic hydroxyl groups is 1. The Labute approximate surface area is 125 Å². The van der Waals surface area contributed by atoms with Crippen LogP contribution < -0.4 is 5.32 Å². The van der Waals surface area contributed by atoms with Gasteiger partial charge < -0.3 is 20.2 Å². The first-order valence-electron chi connectivity index (χ1n) is 8.10. The van der Waals surface area contributed by atoms with Gasteiger partial charge in [-0.15, -0.1) is 0 Å². The van der Waals surface area contributed by atoms with Gasteiger partial charge >= 0.3 is 0 Å². The van der Waals surface area contributed by atoms with Crippen molar-refractivity contribution in [3.05, 3.63) is 0 Å². The van der Waals surface area contributed by atoms with Crippen LogP contribution in [0.3, 0.4) is 0 Å². The number of rotatable bonds is 9. The SMILES string of the molecule is CC(C)NC(C)(CO)CCCN(C)CC1CCN(C)C1. The minimum atomic E-state index is -0.136. The van der Waals surface area contributed by atoms with Gasteiger partial charge in [0.05, 0.1) is 6.61 Å². The van der Waals surface area contributed by atoms with Gasteiger partial charge in [0.2, 0.25) is 0 Å². The first kappa shape index (κ1) is 17.9. The van der Waals surface area contributed by atoms with Gasteiger partial charge in [-0.25, -0.2) is 0 Å². The molecule has 20 heavy (non-hydrogen) atoms. The van der Waals surface area contributed by atoms with Crippen LogP contribution in [0.25, 0.3) is 0 Å². The van der Waals surface area contributed by atoms with Gasteiger partial charge in [0.25, 0.3) is 0 Å². The van der Waals surface area contributed by atoms with E-state index in [9.17, 15) is 5.11 Å². The minimum Gasteiger partial charge on any atom is -0.394 e. The fraction of sp³-hybridized carbons (Fsp3) is 1.00.